The van der Waals surface area contributed by atoms with Gasteiger partial charge in [0.1, 0.15) is 0 Å². The van der Waals surface area contributed by atoms with E-state index in [-0.39, 0.29) is 0 Å². The minimum Gasteiger partial charge on any atom is -0.321 e. The summed E-state index contributed by atoms with van der Waals surface area (Å²) in [6, 6.07) is 16.2. The molecule has 0 amide bonds. The molecule has 0 heterocycles. The molecule has 2 heteroatoms. The minimum absolute atomic E-state index is 0.404. The number of halogens is 1. The summed E-state index contributed by atoms with van der Waals surface area (Å²) in [5.41, 5.74) is 9.49. The van der Waals surface area contributed by atoms with Gasteiger partial charge in [0.15, 0.2) is 0 Å². The maximum atomic E-state index is 6.43. The van der Waals surface area contributed by atoms with Crippen LogP contribution in [0.5, 0.6) is 0 Å². The van der Waals surface area contributed by atoms with Crippen LogP contribution in [0.4, 0.5) is 0 Å². The predicted octanol–water partition coefficient (Wildman–Crippen LogP) is 4.07. The monoisotopic (exact) mass is 259 g/mol. The third-order valence-electron chi connectivity index (χ3n) is 3.23. The maximum Gasteiger partial charge on any atom is 0.0438 e. The molecule has 94 valence electrons. The second-order valence-electron chi connectivity index (χ2n) is 5.05. The van der Waals surface area contributed by atoms with Crippen LogP contribution in [0.15, 0.2) is 48.5 Å². The lowest BCUT2D eigenvalue weighted by Gasteiger charge is -2.26. The third kappa shape index (κ3) is 2.92. The van der Waals surface area contributed by atoms with Crippen LogP contribution in [-0.4, -0.2) is 0 Å². The summed E-state index contributed by atoms with van der Waals surface area (Å²) in [6.45, 7) is 4.12. The van der Waals surface area contributed by atoms with Crippen LogP contribution in [-0.2, 0) is 12.0 Å². The van der Waals surface area contributed by atoms with Gasteiger partial charge in [0, 0.05) is 10.6 Å². The van der Waals surface area contributed by atoms with E-state index < -0.39 is 5.54 Å². The van der Waals surface area contributed by atoms with Crippen molar-refractivity contribution in [2.45, 2.75) is 25.8 Å². The lowest BCUT2D eigenvalue weighted by molar-refractivity contribution is 0.491. The largest absolute Gasteiger partial charge is 0.321 e. The van der Waals surface area contributed by atoms with Crippen molar-refractivity contribution in [1.29, 1.82) is 0 Å². The highest BCUT2D eigenvalue weighted by Crippen LogP contribution is 2.26. The molecule has 0 aliphatic rings. The number of hydrogen-bond acceptors (Lipinski definition) is 1. The van der Waals surface area contributed by atoms with E-state index in [1.165, 1.54) is 5.56 Å². The first-order valence-electron chi connectivity index (χ1n) is 6.08. The van der Waals surface area contributed by atoms with Crippen LogP contribution in [0.25, 0.3) is 0 Å². The minimum atomic E-state index is -0.404. The molecular formula is C16H18ClN. The van der Waals surface area contributed by atoms with Crippen molar-refractivity contribution in [1.82, 2.24) is 0 Å². The van der Waals surface area contributed by atoms with Crippen molar-refractivity contribution >= 4 is 11.6 Å². The van der Waals surface area contributed by atoms with Crippen molar-refractivity contribution in [2.24, 2.45) is 5.73 Å². The van der Waals surface area contributed by atoms with E-state index in [0.717, 1.165) is 22.6 Å². The fraction of sp³-hybridized carbons (Fsp3) is 0.250. The third-order valence-corrected chi connectivity index (χ3v) is 3.60. The molecule has 0 saturated heterocycles. The molecule has 1 atom stereocenters. The average molecular weight is 260 g/mol. The summed E-state index contributed by atoms with van der Waals surface area (Å²) in [4.78, 5) is 0. The van der Waals surface area contributed by atoms with Crippen LogP contribution in [0.3, 0.4) is 0 Å². The Morgan fingerprint density at radius 2 is 1.67 bits per heavy atom. The van der Waals surface area contributed by atoms with E-state index in [4.69, 9.17) is 17.3 Å². The molecule has 18 heavy (non-hydrogen) atoms. The number of nitrogens with two attached hydrogens (primary N) is 1. The first-order valence-corrected chi connectivity index (χ1v) is 6.46. The second-order valence-corrected chi connectivity index (χ2v) is 5.46. The van der Waals surface area contributed by atoms with Crippen molar-refractivity contribution < 1.29 is 0 Å². The standard InChI is InChI=1S/C16H18ClN/c1-12-7-9-14(10-8-12)16(2,18)11-13-5-3-4-6-15(13)17/h3-10H,11,18H2,1-2H3. The number of rotatable bonds is 3. The van der Waals surface area contributed by atoms with E-state index in [0.29, 0.717) is 0 Å². The van der Waals surface area contributed by atoms with Crippen LogP contribution < -0.4 is 5.73 Å². The molecule has 2 rings (SSSR count). The van der Waals surface area contributed by atoms with Gasteiger partial charge in [-0.25, -0.2) is 0 Å². The zero-order valence-corrected chi connectivity index (χ0v) is 11.5. The summed E-state index contributed by atoms with van der Waals surface area (Å²) >= 11 is 6.19. The molecule has 0 spiro atoms. The Morgan fingerprint density at radius 3 is 2.28 bits per heavy atom. The molecule has 0 bridgehead atoms. The fourth-order valence-electron chi connectivity index (χ4n) is 2.07. The first-order chi connectivity index (χ1) is 8.49. The van der Waals surface area contributed by atoms with Gasteiger partial charge >= 0.3 is 0 Å². The lowest BCUT2D eigenvalue weighted by atomic mass is 9.86. The zero-order valence-electron chi connectivity index (χ0n) is 10.8. The average Bonchev–Trinajstić information content (AvgIpc) is 2.32. The molecule has 0 fully saturated rings. The SMILES string of the molecule is Cc1ccc(C(C)(N)Cc2ccccc2Cl)cc1. The molecule has 0 aromatic heterocycles. The summed E-state index contributed by atoms with van der Waals surface area (Å²) < 4.78 is 0. The van der Waals surface area contributed by atoms with Crippen LogP contribution >= 0.6 is 11.6 Å². The van der Waals surface area contributed by atoms with Gasteiger partial charge in [-0.3, -0.25) is 0 Å². The van der Waals surface area contributed by atoms with E-state index in [1.54, 1.807) is 0 Å². The Bertz CT molecular complexity index is 529. The zero-order chi connectivity index (χ0) is 13.2. The van der Waals surface area contributed by atoms with E-state index in [1.807, 2.05) is 31.2 Å². The number of aryl methyl sites for hydroxylation is 1. The molecule has 1 unspecified atom stereocenters. The van der Waals surface area contributed by atoms with Gasteiger partial charge in [-0.2, -0.15) is 0 Å². The molecule has 0 aliphatic heterocycles. The van der Waals surface area contributed by atoms with Gasteiger partial charge in [-0.1, -0.05) is 59.6 Å². The molecule has 0 aliphatic carbocycles. The van der Waals surface area contributed by atoms with E-state index in [9.17, 15) is 0 Å². The van der Waals surface area contributed by atoms with Gasteiger partial charge in [-0.15, -0.1) is 0 Å². The van der Waals surface area contributed by atoms with Gasteiger partial charge in [0.25, 0.3) is 0 Å². The van der Waals surface area contributed by atoms with Gasteiger partial charge in [-0.05, 0) is 37.5 Å². The van der Waals surface area contributed by atoms with Crippen molar-refractivity contribution in [3.05, 3.63) is 70.2 Å². The quantitative estimate of drug-likeness (QED) is 0.884. The highest BCUT2D eigenvalue weighted by atomic mass is 35.5. The molecule has 2 N–H and O–H groups in total. The topological polar surface area (TPSA) is 26.0 Å². The van der Waals surface area contributed by atoms with Crippen LogP contribution in [0.2, 0.25) is 5.02 Å². The highest BCUT2D eigenvalue weighted by molar-refractivity contribution is 6.31. The van der Waals surface area contributed by atoms with E-state index >= 15 is 0 Å². The van der Waals surface area contributed by atoms with Crippen LogP contribution in [0.1, 0.15) is 23.6 Å². The normalized spacial score (nSPS) is 14.2. The second kappa shape index (κ2) is 5.13. The maximum absolute atomic E-state index is 6.43. The Morgan fingerprint density at radius 1 is 1.06 bits per heavy atom. The Kier molecular flexibility index (Phi) is 3.74. The molecule has 0 saturated carbocycles. The molecule has 1 nitrogen and oxygen atoms in total. The van der Waals surface area contributed by atoms with Crippen molar-refractivity contribution in [3.8, 4) is 0 Å². The predicted molar refractivity (Wildman–Crippen MR) is 77.9 cm³/mol. The Hall–Kier alpha value is -1.31. The fourth-order valence-corrected chi connectivity index (χ4v) is 2.28. The molecule has 2 aromatic rings. The Labute approximate surface area is 114 Å². The molecular weight excluding hydrogens is 242 g/mol. The first kappa shape index (κ1) is 13.1. The molecule has 2 aromatic carbocycles. The smallest absolute Gasteiger partial charge is 0.0438 e. The van der Waals surface area contributed by atoms with Crippen molar-refractivity contribution in [2.75, 3.05) is 0 Å². The summed E-state index contributed by atoms with van der Waals surface area (Å²) in [7, 11) is 0. The van der Waals surface area contributed by atoms with Gasteiger partial charge < -0.3 is 5.73 Å². The lowest BCUT2D eigenvalue weighted by Crippen LogP contribution is -2.35. The Balaban J connectivity index is 2.27. The molecule has 0 radical (unpaired) electrons. The number of benzene rings is 2. The highest BCUT2D eigenvalue weighted by Gasteiger charge is 2.22. The van der Waals surface area contributed by atoms with Crippen LogP contribution in [0, 0.1) is 6.92 Å². The van der Waals surface area contributed by atoms with Gasteiger partial charge in [0.2, 0.25) is 0 Å². The summed E-state index contributed by atoms with van der Waals surface area (Å²) in [5.74, 6) is 0. The van der Waals surface area contributed by atoms with E-state index in [2.05, 4.69) is 31.2 Å². The number of hydrogen-bond donors (Lipinski definition) is 1. The summed E-state index contributed by atoms with van der Waals surface area (Å²) in [6.07, 6.45) is 0.732. The van der Waals surface area contributed by atoms with Gasteiger partial charge in [0.05, 0.1) is 0 Å². The summed E-state index contributed by atoms with van der Waals surface area (Å²) in [5, 5.41) is 0.779. The van der Waals surface area contributed by atoms with Crippen molar-refractivity contribution in [3.63, 3.8) is 0 Å².